The molecule has 0 saturated heterocycles. The number of hydrogen-bond donors (Lipinski definition) is 2. The van der Waals surface area contributed by atoms with Crippen molar-refractivity contribution in [3.8, 4) is 0 Å². The number of carbonyl (C=O) groups is 1. The summed E-state index contributed by atoms with van der Waals surface area (Å²) in [5.41, 5.74) is 12.8. The molecule has 0 spiro atoms. The van der Waals surface area contributed by atoms with Crippen molar-refractivity contribution in [2.75, 3.05) is 12.4 Å². The first-order chi connectivity index (χ1) is 13.5. The SMILES string of the molecule is CNc1ccc2c(c1)nc(C(C)/C(=C\c1ccc3ncsc3c1)C(N)=O)n2C. The van der Waals surface area contributed by atoms with E-state index in [1.54, 1.807) is 11.3 Å². The van der Waals surface area contributed by atoms with Crippen molar-refractivity contribution >= 4 is 50.3 Å². The van der Waals surface area contributed by atoms with E-state index in [-0.39, 0.29) is 5.92 Å². The molecule has 1 unspecified atom stereocenters. The Labute approximate surface area is 166 Å². The fourth-order valence-electron chi connectivity index (χ4n) is 3.45. The summed E-state index contributed by atoms with van der Waals surface area (Å²) in [5.74, 6) is 0.108. The average Bonchev–Trinajstić information content (AvgIpc) is 3.29. The van der Waals surface area contributed by atoms with Gasteiger partial charge in [0, 0.05) is 31.3 Å². The van der Waals surface area contributed by atoms with Crippen molar-refractivity contribution in [2.45, 2.75) is 12.8 Å². The van der Waals surface area contributed by atoms with E-state index in [0.717, 1.165) is 38.3 Å². The summed E-state index contributed by atoms with van der Waals surface area (Å²) in [7, 11) is 3.84. The summed E-state index contributed by atoms with van der Waals surface area (Å²) in [6.07, 6.45) is 1.85. The Kier molecular flexibility index (Phi) is 4.60. The maximum absolute atomic E-state index is 12.3. The summed E-state index contributed by atoms with van der Waals surface area (Å²) < 4.78 is 3.09. The van der Waals surface area contributed by atoms with Crippen molar-refractivity contribution in [3.63, 3.8) is 0 Å². The van der Waals surface area contributed by atoms with Gasteiger partial charge in [-0.15, -0.1) is 11.3 Å². The lowest BCUT2D eigenvalue weighted by molar-refractivity contribution is -0.114. The van der Waals surface area contributed by atoms with Gasteiger partial charge in [0.2, 0.25) is 5.91 Å². The van der Waals surface area contributed by atoms with Crippen LogP contribution in [0, 0.1) is 0 Å². The highest BCUT2D eigenvalue weighted by Gasteiger charge is 2.22. The minimum atomic E-state index is -0.445. The van der Waals surface area contributed by atoms with Gasteiger partial charge in [0.1, 0.15) is 5.82 Å². The number of rotatable bonds is 5. The number of thiazole rings is 1. The van der Waals surface area contributed by atoms with E-state index in [1.165, 1.54) is 0 Å². The molecular weight excluding hydrogens is 370 g/mol. The van der Waals surface area contributed by atoms with E-state index in [1.807, 2.05) is 73.6 Å². The number of fused-ring (bicyclic) bond motifs is 2. The Morgan fingerprint density at radius 3 is 2.82 bits per heavy atom. The van der Waals surface area contributed by atoms with Gasteiger partial charge in [0.15, 0.2) is 0 Å². The highest BCUT2D eigenvalue weighted by molar-refractivity contribution is 7.16. The van der Waals surface area contributed by atoms with Gasteiger partial charge >= 0.3 is 0 Å². The topological polar surface area (TPSA) is 85.8 Å². The van der Waals surface area contributed by atoms with Crippen molar-refractivity contribution in [2.24, 2.45) is 12.8 Å². The lowest BCUT2D eigenvalue weighted by Gasteiger charge is -2.14. The molecule has 0 aliphatic carbocycles. The van der Waals surface area contributed by atoms with Crippen LogP contribution in [-0.4, -0.2) is 27.5 Å². The second-order valence-electron chi connectivity index (χ2n) is 6.75. The number of primary amides is 1. The third-order valence-corrected chi connectivity index (χ3v) is 5.81. The zero-order chi connectivity index (χ0) is 19.8. The molecule has 4 rings (SSSR count). The van der Waals surface area contributed by atoms with Gasteiger partial charge < -0.3 is 15.6 Å². The van der Waals surface area contributed by atoms with E-state index in [2.05, 4.69) is 10.3 Å². The van der Waals surface area contributed by atoms with Crippen LogP contribution in [-0.2, 0) is 11.8 Å². The molecule has 0 radical (unpaired) electrons. The molecule has 0 aliphatic rings. The van der Waals surface area contributed by atoms with Gasteiger partial charge in [0.25, 0.3) is 0 Å². The van der Waals surface area contributed by atoms with Crippen LogP contribution in [0.2, 0.25) is 0 Å². The summed E-state index contributed by atoms with van der Waals surface area (Å²) in [4.78, 5) is 21.3. The number of hydrogen-bond acceptors (Lipinski definition) is 5. The van der Waals surface area contributed by atoms with E-state index < -0.39 is 5.91 Å². The molecule has 1 amide bonds. The van der Waals surface area contributed by atoms with E-state index in [0.29, 0.717) is 5.57 Å². The normalized spacial score (nSPS) is 13.2. The standard InChI is InChI=1S/C21H21N5OS/c1-12(21-25-17-10-14(23-2)5-7-18(17)26(21)3)15(20(22)27)8-13-4-6-16-19(9-13)28-11-24-16/h4-12,23H,1-3H3,(H2,22,27)/b15-8+. The second-order valence-corrected chi connectivity index (χ2v) is 7.63. The number of amides is 1. The first kappa shape index (κ1) is 18.2. The van der Waals surface area contributed by atoms with Crippen LogP contribution in [0.4, 0.5) is 5.69 Å². The predicted molar refractivity (Wildman–Crippen MR) is 115 cm³/mol. The summed E-state index contributed by atoms with van der Waals surface area (Å²) >= 11 is 1.57. The Bertz CT molecular complexity index is 1220. The Balaban J connectivity index is 1.78. The first-order valence-electron chi connectivity index (χ1n) is 8.96. The highest BCUT2D eigenvalue weighted by atomic mass is 32.1. The van der Waals surface area contributed by atoms with Crippen LogP contribution >= 0.6 is 11.3 Å². The van der Waals surface area contributed by atoms with Crippen LogP contribution in [0.15, 0.2) is 47.5 Å². The molecule has 7 heteroatoms. The van der Waals surface area contributed by atoms with Crippen LogP contribution in [0.25, 0.3) is 27.3 Å². The quantitative estimate of drug-likeness (QED) is 0.505. The Morgan fingerprint density at radius 1 is 1.25 bits per heavy atom. The van der Waals surface area contributed by atoms with Gasteiger partial charge in [-0.3, -0.25) is 4.79 Å². The fraction of sp³-hybridized carbons (Fsp3) is 0.190. The fourth-order valence-corrected chi connectivity index (χ4v) is 4.18. The molecule has 2 heterocycles. The second kappa shape index (κ2) is 7.09. The number of nitrogens with two attached hydrogens (primary N) is 1. The highest BCUT2D eigenvalue weighted by Crippen LogP contribution is 2.29. The number of nitrogens with zero attached hydrogens (tertiary/aromatic N) is 3. The number of nitrogens with one attached hydrogen (secondary N) is 1. The molecule has 2 aromatic carbocycles. The molecule has 142 valence electrons. The molecule has 3 N–H and O–H groups in total. The smallest absolute Gasteiger partial charge is 0.245 e. The minimum Gasteiger partial charge on any atom is -0.388 e. The van der Waals surface area contributed by atoms with Crippen molar-refractivity contribution in [1.82, 2.24) is 14.5 Å². The monoisotopic (exact) mass is 391 g/mol. The van der Waals surface area contributed by atoms with Crippen LogP contribution in [0.1, 0.15) is 24.2 Å². The number of aryl methyl sites for hydroxylation is 1. The molecular formula is C21H21N5OS. The molecule has 4 aromatic rings. The zero-order valence-electron chi connectivity index (χ0n) is 15.9. The maximum atomic E-state index is 12.3. The minimum absolute atomic E-state index is 0.245. The molecule has 6 nitrogen and oxygen atoms in total. The number of carbonyl (C=O) groups excluding carboxylic acids is 1. The lowest BCUT2D eigenvalue weighted by atomic mass is 9.97. The molecule has 1 atom stereocenters. The van der Waals surface area contributed by atoms with Crippen LogP contribution in [0.3, 0.4) is 0 Å². The van der Waals surface area contributed by atoms with E-state index in [9.17, 15) is 4.79 Å². The predicted octanol–water partition coefficient (Wildman–Crippen LogP) is 3.90. The molecule has 2 aromatic heterocycles. The summed E-state index contributed by atoms with van der Waals surface area (Å²) in [6.45, 7) is 1.96. The molecule has 0 bridgehead atoms. The first-order valence-corrected chi connectivity index (χ1v) is 9.84. The zero-order valence-corrected chi connectivity index (χ0v) is 16.7. The molecule has 0 saturated carbocycles. The summed E-state index contributed by atoms with van der Waals surface area (Å²) in [6, 6.07) is 12.0. The Hall–Kier alpha value is -3.19. The van der Waals surface area contributed by atoms with Crippen LogP contribution < -0.4 is 11.1 Å². The third kappa shape index (κ3) is 3.14. The molecule has 28 heavy (non-hydrogen) atoms. The lowest BCUT2D eigenvalue weighted by Crippen LogP contribution is -2.20. The number of anilines is 1. The van der Waals surface area contributed by atoms with Gasteiger partial charge in [-0.05, 0) is 42.0 Å². The third-order valence-electron chi connectivity index (χ3n) is 5.02. The number of imidazole rings is 1. The largest absolute Gasteiger partial charge is 0.388 e. The summed E-state index contributed by atoms with van der Waals surface area (Å²) in [5, 5.41) is 3.12. The van der Waals surface area contributed by atoms with Crippen molar-refractivity contribution in [3.05, 3.63) is 58.9 Å². The molecule has 0 fully saturated rings. The number of benzene rings is 2. The number of aromatic nitrogens is 3. The van der Waals surface area contributed by atoms with Crippen molar-refractivity contribution in [1.29, 1.82) is 0 Å². The maximum Gasteiger partial charge on any atom is 0.245 e. The van der Waals surface area contributed by atoms with Crippen molar-refractivity contribution < 1.29 is 4.79 Å². The average molecular weight is 392 g/mol. The van der Waals surface area contributed by atoms with Crippen LogP contribution in [0.5, 0.6) is 0 Å². The van der Waals surface area contributed by atoms with E-state index in [4.69, 9.17) is 10.7 Å². The van der Waals surface area contributed by atoms with E-state index >= 15 is 0 Å². The Morgan fingerprint density at radius 2 is 2.07 bits per heavy atom. The van der Waals surface area contributed by atoms with Gasteiger partial charge in [-0.2, -0.15) is 0 Å². The molecule has 0 aliphatic heterocycles. The van der Waals surface area contributed by atoms with Gasteiger partial charge in [-0.1, -0.05) is 13.0 Å². The van der Waals surface area contributed by atoms with Gasteiger partial charge in [-0.25, -0.2) is 9.97 Å². The van der Waals surface area contributed by atoms with Gasteiger partial charge in [0.05, 0.1) is 26.8 Å².